The van der Waals surface area contributed by atoms with E-state index in [4.69, 9.17) is 16.3 Å². The first kappa shape index (κ1) is 10.4. The molecule has 0 aromatic carbocycles. The van der Waals surface area contributed by atoms with E-state index < -0.39 is 0 Å². The third kappa shape index (κ3) is 3.70. The van der Waals surface area contributed by atoms with Crippen LogP contribution in [0.15, 0.2) is 12.3 Å². The summed E-state index contributed by atoms with van der Waals surface area (Å²) in [6, 6.07) is 1.83. The van der Waals surface area contributed by atoms with E-state index in [9.17, 15) is 0 Å². The summed E-state index contributed by atoms with van der Waals surface area (Å²) in [5.41, 5.74) is 0.879. The van der Waals surface area contributed by atoms with Crippen LogP contribution in [0.25, 0.3) is 0 Å². The summed E-state index contributed by atoms with van der Waals surface area (Å²) in [6.07, 6.45) is 3.54. The molecular formula is C9H13ClN2O. The Kier molecular flexibility index (Phi) is 4.72. The van der Waals surface area contributed by atoms with Gasteiger partial charge in [0.15, 0.2) is 0 Å². The van der Waals surface area contributed by atoms with E-state index in [1.165, 1.54) is 0 Å². The largest absolute Gasteiger partial charge is 0.385 e. The van der Waals surface area contributed by atoms with Crippen molar-refractivity contribution in [2.75, 3.05) is 13.7 Å². The van der Waals surface area contributed by atoms with Crippen LogP contribution in [0.4, 0.5) is 0 Å². The quantitative estimate of drug-likeness (QED) is 0.537. The van der Waals surface area contributed by atoms with E-state index >= 15 is 0 Å². The Morgan fingerprint density at radius 1 is 1.54 bits per heavy atom. The predicted octanol–water partition coefficient (Wildman–Crippen LogP) is 1.79. The van der Waals surface area contributed by atoms with Crippen molar-refractivity contribution in [3.8, 4) is 0 Å². The number of hydrogen-bond acceptors (Lipinski definition) is 3. The van der Waals surface area contributed by atoms with Crippen LogP contribution in [0, 0.1) is 0 Å². The standard InChI is InChI=1S/C9H13ClN2O/c1-13-6-2-3-9-11-5-4-8(7-10)12-9/h4-5H,2-3,6-7H2,1H3. The second-order valence-corrected chi connectivity index (χ2v) is 2.96. The Morgan fingerprint density at radius 2 is 2.38 bits per heavy atom. The molecule has 13 heavy (non-hydrogen) atoms. The zero-order valence-electron chi connectivity index (χ0n) is 7.66. The molecule has 1 rings (SSSR count). The van der Waals surface area contributed by atoms with Crippen LogP contribution in [-0.2, 0) is 17.0 Å². The van der Waals surface area contributed by atoms with Crippen LogP contribution in [-0.4, -0.2) is 23.7 Å². The van der Waals surface area contributed by atoms with E-state index in [0.29, 0.717) is 5.88 Å². The Morgan fingerprint density at radius 3 is 3.08 bits per heavy atom. The maximum absolute atomic E-state index is 5.65. The van der Waals surface area contributed by atoms with E-state index in [-0.39, 0.29) is 0 Å². The van der Waals surface area contributed by atoms with Gasteiger partial charge in [-0.15, -0.1) is 11.6 Å². The molecule has 0 saturated carbocycles. The van der Waals surface area contributed by atoms with Crippen molar-refractivity contribution in [1.29, 1.82) is 0 Å². The minimum atomic E-state index is 0.444. The first-order valence-corrected chi connectivity index (χ1v) is 4.76. The Bertz CT molecular complexity index is 255. The molecule has 3 nitrogen and oxygen atoms in total. The highest BCUT2D eigenvalue weighted by Gasteiger charge is 1.97. The normalized spacial score (nSPS) is 10.3. The molecular weight excluding hydrogens is 188 g/mol. The number of aromatic nitrogens is 2. The molecule has 0 fully saturated rings. The van der Waals surface area contributed by atoms with Gasteiger partial charge in [-0.1, -0.05) is 0 Å². The van der Waals surface area contributed by atoms with Crippen molar-refractivity contribution >= 4 is 11.6 Å². The summed E-state index contributed by atoms with van der Waals surface area (Å²) < 4.78 is 4.94. The molecule has 0 amide bonds. The fourth-order valence-corrected chi connectivity index (χ4v) is 1.16. The lowest BCUT2D eigenvalue weighted by Gasteiger charge is -2.00. The molecule has 0 unspecified atom stereocenters. The van der Waals surface area contributed by atoms with Crippen molar-refractivity contribution in [2.45, 2.75) is 18.7 Å². The minimum Gasteiger partial charge on any atom is -0.385 e. The van der Waals surface area contributed by atoms with Gasteiger partial charge >= 0.3 is 0 Å². The van der Waals surface area contributed by atoms with Gasteiger partial charge in [0.2, 0.25) is 0 Å². The summed E-state index contributed by atoms with van der Waals surface area (Å²) in [5, 5.41) is 0. The van der Waals surface area contributed by atoms with Gasteiger partial charge < -0.3 is 4.74 Å². The molecule has 0 spiro atoms. The highest BCUT2D eigenvalue weighted by Crippen LogP contribution is 2.01. The number of rotatable bonds is 5. The molecule has 72 valence electrons. The van der Waals surface area contributed by atoms with Crippen LogP contribution in [0.3, 0.4) is 0 Å². The summed E-state index contributed by atoms with van der Waals surface area (Å²) in [6.45, 7) is 0.745. The lowest BCUT2D eigenvalue weighted by Crippen LogP contribution is -1.99. The summed E-state index contributed by atoms with van der Waals surface area (Å²) in [4.78, 5) is 8.40. The average Bonchev–Trinajstić information content (AvgIpc) is 2.19. The molecule has 0 radical (unpaired) electrons. The van der Waals surface area contributed by atoms with E-state index in [2.05, 4.69) is 9.97 Å². The van der Waals surface area contributed by atoms with Gasteiger partial charge in [-0.3, -0.25) is 0 Å². The van der Waals surface area contributed by atoms with Gasteiger partial charge in [0.25, 0.3) is 0 Å². The second-order valence-electron chi connectivity index (χ2n) is 2.69. The summed E-state index contributed by atoms with van der Waals surface area (Å²) in [5.74, 6) is 1.29. The Labute approximate surface area is 83.1 Å². The fraction of sp³-hybridized carbons (Fsp3) is 0.556. The third-order valence-corrected chi connectivity index (χ3v) is 1.92. The minimum absolute atomic E-state index is 0.444. The van der Waals surface area contributed by atoms with Crippen LogP contribution < -0.4 is 0 Å². The highest BCUT2D eigenvalue weighted by atomic mass is 35.5. The Hall–Kier alpha value is -0.670. The predicted molar refractivity (Wildman–Crippen MR) is 51.8 cm³/mol. The smallest absolute Gasteiger partial charge is 0.128 e. The van der Waals surface area contributed by atoms with Crippen molar-refractivity contribution in [2.24, 2.45) is 0 Å². The second kappa shape index (κ2) is 5.89. The highest BCUT2D eigenvalue weighted by molar-refractivity contribution is 6.16. The van der Waals surface area contributed by atoms with E-state index in [1.807, 2.05) is 6.07 Å². The van der Waals surface area contributed by atoms with Crippen LogP contribution in [0.1, 0.15) is 17.9 Å². The van der Waals surface area contributed by atoms with Gasteiger partial charge in [-0.05, 0) is 12.5 Å². The molecule has 1 heterocycles. The van der Waals surface area contributed by atoms with Crippen molar-refractivity contribution < 1.29 is 4.74 Å². The molecule has 0 aliphatic heterocycles. The maximum Gasteiger partial charge on any atom is 0.128 e. The van der Waals surface area contributed by atoms with Crippen molar-refractivity contribution in [3.63, 3.8) is 0 Å². The van der Waals surface area contributed by atoms with Gasteiger partial charge in [-0.25, -0.2) is 9.97 Å². The number of methoxy groups -OCH3 is 1. The topological polar surface area (TPSA) is 35.0 Å². The lowest BCUT2D eigenvalue weighted by molar-refractivity contribution is 0.194. The molecule has 0 bridgehead atoms. The number of hydrogen-bond donors (Lipinski definition) is 0. The third-order valence-electron chi connectivity index (χ3n) is 1.65. The van der Waals surface area contributed by atoms with E-state index in [1.54, 1.807) is 13.3 Å². The Balaban J connectivity index is 2.46. The number of halogens is 1. The summed E-state index contributed by atoms with van der Waals surface area (Å²) in [7, 11) is 1.69. The monoisotopic (exact) mass is 200 g/mol. The molecule has 1 aromatic heterocycles. The molecule has 1 aromatic rings. The van der Waals surface area contributed by atoms with Crippen LogP contribution in [0.5, 0.6) is 0 Å². The first-order valence-electron chi connectivity index (χ1n) is 4.22. The molecule has 0 aliphatic carbocycles. The average molecular weight is 201 g/mol. The number of aryl methyl sites for hydroxylation is 1. The molecule has 0 N–H and O–H groups in total. The van der Waals surface area contributed by atoms with E-state index in [0.717, 1.165) is 31.0 Å². The van der Waals surface area contributed by atoms with Gasteiger partial charge in [-0.2, -0.15) is 0 Å². The molecule has 0 aliphatic rings. The SMILES string of the molecule is COCCCc1nccc(CCl)n1. The molecule has 0 saturated heterocycles. The van der Waals surface area contributed by atoms with Crippen LogP contribution >= 0.6 is 11.6 Å². The van der Waals surface area contributed by atoms with Gasteiger partial charge in [0.1, 0.15) is 5.82 Å². The van der Waals surface area contributed by atoms with Gasteiger partial charge in [0.05, 0.1) is 11.6 Å². The molecule has 4 heteroatoms. The number of alkyl halides is 1. The summed E-state index contributed by atoms with van der Waals surface area (Å²) >= 11 is 5.65. The molecule has 0 atom stereocenters. The van der Waals surface area contributed by atoms with Crippen LogP contribution in [0.2, 0.25) is 0 Å². The zero-order valence-corrected chi connectivity index (χ0v) is 8.42. The zero-order chi connectivity index (χ0) is 9.52. The maximum atomic E-state index is 5.65. The number of ether oxygens (including phenoxy) is 1. The lowest BCUT2D eigenvalue weighted by atomic mass is 10.3. The number of nitrogens with zero attached hydrogens (tertiary/aromatic N) is 2. The van der Waals surface area contributed by atoms with Crippen molar-refractivity contribution in [3.05, 3.63) is 23.8 Å². The fourth-order valence-electron chi connectivity index (χ4n) is 1.01. The van der Waals surface area contributed by atoms with Crippen molar-refractivity contribution in [1.82, 2.24) is 9.97 Å². The first-order chi connectivity index (χ1) is 6.36. The van der Waals surface area contributed by atoms with Gasteiger partial charge in [0, 0.05) is 26.3 Å².